The summed E-state index contributed by atoms with van der Waals surface area (Å²) in [5.74, 6) is -0.287. The highest BCUT2D eigenvalue weighted by molar-refractivity contribution is 5.96. The average Bonchev–Trinajstić information content (AvgIpc) is 2.94. The molecule has 1 fully saturated rings. The molecule has 9 heteroatoms. The van der Waals surface area contributed by atoms with Crippen LogP contribution in [0.4, 0.5) is 0 Å². The molecule has 1 saturated heterocycles. The molecule has 0 bridgehead atoms. The average molecular weight is 270 g/mol. The van der Waals surface area contributed by atoms with Gasteiger partial charge in [0.1, 0.15) is 18.3 Å². The number of carbonyl (C=O) groups is 1. The molecule has 0 aromatic carbocycles. The van der Waals surface area contributed by atoms with Crippen molar-refractivity contribution >= 4 is 18.6 Å². The lowest BCUT2D eigenvalue weighted by atomic mass is 10.1. The number of aliphatic imine (C=N–C) groups is 2. The lowest BCUT2D eigenvalue weighted by Crippen LogP contribution is -2.53. The molecule has 1 amide bonds. The molecular formula is C10H14N4O5. The van der Waals surface area contributed by atoms with Gasteiger partial charge >= 0.3 is 0 Å². The molecule has 4 N–H and O–H groups in total. The first-order valence-corrected chi connectivity index (χ1v) is 5.88. The fourth-order valence-corrected chi connectivity index (χ4v) is 2.42. The van der Waals surface area contributed by atoms with Crippen LogP contribution >= 0.6 is 0 Å². The van der Waals surface area contributed by atoms with Gasteiger partial charge in [0.15, 0.2) is 18.4 Å². The molecule has 0 aromatic rings. The lowest BCUT2D eigenvalue weighted by Gasteiger charge is -2.31. The molecule has 0 aromatic heterocycles. The predicted molar refractivity (Wildman–Crippen MR) is 62.3 cm³/mol. The number of nitrogens with zero attached hydrogens (tertiary/aromatic N) is 3. The Hall–Kier alpha value is -1.55. The largest absolute Gasteiger partial charge is 0.394 e. The van der Waals surface area contributed by atoms with Gasteiger partial charge in [0.2, 0.25) is 0 Å². The Balaban J connectivity index is 1.81. The minimum absolute atomic E-state index is 0.287. The molecule has 0 saturated carbocycles. The zero-order valence-corrected chi connectivity index (χ0v) is 9.83. The van der Waals surface area contributed by atoms with Crippen molar-refractivity contribution in [1.29, 1.82) is 0 Å². The quantitative estimate of drug-likeness (QED) is 0.414. The smallest absolute Gasteiger partial charge is 0.254 e. The Labute approximate surface area is 108 Å². The van der Waals surface area contributed by atoms with Gasteiger partial charge in [0.25, 0.3) is 5.91 Å². The maximum absolute atomic E-state index is 11.6. The number of aliphatic hydroxyl groups excluding tert-OH is 3. The Bertz CT molecular complexity index is 442. The summed E-state index contributed by atoms with van der Waals surface area (Å²) in [5, 5.41) is 31.1. The van der Waals surface area contributed by atoms with E-state index in [2.05, 4.69) is 15.3 Å². The van der Waals surface area contributed by atoms with E-state index in [-0.39, 0.29) is 5.91 Å². The van der Waals surface area contributed by atoms with Crippen LogP contribution < -0.4 is 5.32 Å². The van der Waals surface area contributed by atoms with Crippen molar-refractivity contribution in [2.24, 2.45) is 9.98 Å². The number of carbonyl (C=O) groups excluding carboxylic acids is 1. The number of aliphatic hydroxyl groups is 3. The van der Waals surface area contributed by atoms with Crippen LogP contribution in [0.2, 0.25) is 0 Å². The summed E-state index contributed by atoms with van der Waals surface area (Å²) in [5.41, 5.74) is 0. The zero-order valence-electron chi connectivity index (χ0n) is 9.83. The molecule has 0 spiro atoms. The van der Waals surface area contributed by atoms with Gasteiger partial charge in [-0.05, 0) is 0 Å². The van der Waals surface area contributed by atoms with Crippen LogP contribution in [0.15, 0.2) is 9.98 Å². The molecule has 104 valence electrons. The van der Waals surface area contributed by atoms with Crippen LogP contribution in [-0.4, -0.2) is 82.2 Å². The number of amides is 1. The van der Waals surface area contributed by atoms with Gasteiger partial charge in [0.05, 0.1) is 19.3 Å². The van der Waals surface area contributed by atoms with Crippen molar-refractivity contribution in [3.63, 3.8) is 0 Å². The fourth-order valence-electron chi connectivity index (χ4n) is 2.42. The maximum Gasteiger partial charge on any atom is 0.254 e. The normalized spacial score (nSPS) is 44.6. The van der Waals surface area contributed by atoms with E-state index in [1.54, 1.807) is 0 Å². The fraction of sp³-hybridized carbons (Fsp3) is 0.700. The van der Waals surface area contributed by atoms with Crippen LogP contribution in [0.5, 0.6) is 0 Å². The molecular weight excluding hydrogens is 256 g/mol. The number of ether oxygens (including phenoxy) is 1. The second-order valence-electron chi connectivity index (χ2n) is 4.59. The summed E-state index contributed by atoms with van der Waals surface area (Å²) in [6.45, 7) is -0.405. The maximum atomic E-state index is 11.6. The van der Waals surface area contributed by atoms with Gasteiger partial charge in [-0.3, -0.25) is 9.79 Å². The molecule has 0 aliphatic carbocycles. The number of fused-ring (bicyclic) bond motifs is 1. The third-order valence-corrected chi connectivity index (χ3v) is 3.46. The Morgan fingerprint density at radius 1 is 1.37 bits per heavy atom. The van der Waals surface area contributed by atoms with Crippen molar-refractivity contribution in [3.8, 4) is 0 Å². The zero-order chi connectivity index (χ0) is 13.6. The minimum atomic E-state index is -1.21. The van der Waals surface area contributed by atoms with Crippen molar-refractivity contribution in [1.82, 2.24) is 10.2 Å². The Morgan fingerprint density at radius 2 is 2.16 bits per heavy atom. The highest BCUT2D eigenvalue weighted by Gasteiger charge is 2.50. The number of nitrogens with one attached hydrogen (secondary N) is 1. The molecule has 2 unspecified atom stereocenters. The van der Waals surface area contributed by atoms with E-state index in [0.717, 1.165) is 0 Å². The second-order valence-corrected chi connectivity index (χ2v) is 4.59. The summed E-state index contributed by atoms with van der Waals surface area (Å²) < 4.78 is 5.38. The van der Waals surface area contributed by atoms with Gasteiger partial charge in [-0.25, -0.2) is 4.99 Å². The summed E-state index contributed by atoms with van der Waals surface area (Å²) in [6.07, 6.45) is -2.11. The minimum Gasteiger partial charge on any atom is -0.394 e. The van der Waals surface area contributed by atoms with Crippen molar-refractivity contribution in [2.75, 3.05) is 6.61 Å². The SMILES string of the molecule is O=C1NC=NC2C1N=CN2[C@@H]1O[C@H](CO)[C@@H](O)[C@H]1O. The summed E-state index contributed by atoms with van der Waals surface area (Å²) in [6, 6.07) is -0.689. The van der Waals surface area contributed by atoms with Crippen LogP contribution in [0.25, 0.3) is 0 Å². The highest BCUT2D eigenvalue weighted by atomic mass is 16.6. The van der Waals surface area contributed by atoms with Crippen LogP contribution in [0.3, 0.4) is 0 Å². The first-order valence-electron chi connectivity index (χ1n) is 5.88. The van der Waals surface area contributed by atoms with Gasteiger partial charge in [-0.1, -0.05) is 0 Å². The Kier molecular flexibility index (Phi) is 2.97. The first kappa shape index (κ1) is 12.5. The van der Waals surface area contributed by atoms with Crippen molar-refractivity contribution in [2.45, 2.75) is 36.7 Å². The van der Waals surface area contributed by atoms with E-state index >= 15 is 0 Å². The van der Waals surface area contributed by atoms with Gasteiger partial charge < -0.3 is 30.3 Å². The van der Waals surface area contributed by atoms with E-state index in [4.69, 9.17) is 9.84 Å². The third kappa shape index (κ3) is 1.82. The molecule has 3 aliphatic heterocycles. The van der Waals surface area contributed by atoms with Crippen LogP contribution in [0.1, 0.15) is 0 Å². The van der Waals surface area contributed by atoms with Crippen LogP contribution in [-0.2, 0) is 9.53 Å². The number of rotatable bonds is 2. The molecule has 3 rings (SSSR count). The molecule has 6 atom stereocenters. The van der Waals surface area contributed by atoms with E-state index in [1.807, 2.05) is 0 Å². The molecule has 9 nitrogen and oxygen atoms in total. The van der Waals surface area contributed by atoms with E-state index in [1.165, 1.54) is 17.6 Å². The van der Waals surface area contributed by atoms with E-state index in [0.29, 0.717) is 0 Å². The van der Waals surface area contributed by atoms with Crippen LogP contribution in [0, 0.1) is 0 Å². The molecule has 0 radical (unpaired) electrons. The van der Waals surface area contributed by atoms with E-state index in [9.17, 15) is 15.0 Å². The molecule has 3 heterocycles. The standard InChI is InChI=1S/C10H14N4O5/c15-1-4-6(16)7(17)10(19-4)14-3-13-5-8(14)11-2-12-9(5)18/h2-8,10,15-17H,1H2,(H,11,12,18)/t4-,5?,6-,7-,8?,10-/m1/s1. The third-order valence-electron chi connectivity index (χ3n) is 3.46. The summed E-state index contributed by atoms with van der Waals surface area (Å²) >= 11 is 0. The predicted octanol–water partition coefficient (Wildman–Crippen LogP) is -3.38. The first-order chi connectivity index (χ1) is 9.13. The second kappa shape index (κ2) is 4.53. The van der Waals surface area contributed by atoms with E-state index < -0.39 is 43.4 Å². The van der Waals surface area contributed by atoms with Gasteiger partial charge in [-0.2, -0.15) is 0 Å². The number of hydrogen-bond acceptors (Lipinski definition) is 8. The van der Waals surface area contributed by atoms with Gasteiger partial charge in [-0.15, -0.1) is 0 Å². The lowest BCUT2D eigenvalue weighted by molar-refractivity contribution is -0.124. The number of hydrogen-bond donors (Lipinski definition) is 4. The summed E-state index contributed by atoms with van der Waals surface area (Å²) in [4.78, 5) is 21.1. The molecule has 19 heavy (non-hydrogen) atoms. The topological polar surface area (TPSA) is 127 Å². The van der Waals surface area contributed by atoms with Crippen molar-refractivity contribution in [3.05, 3.63) is 0 Å². The molecule has 3 aliphatic rings. The summed E-state index contributed by atoms with van der Waals surface area (Å²) in [7, 11) is 0. The van der Waals surface area contributed by atoms with Crippen molar-refractivity contribution < 1.29 is 24.9 Å². The van der Waals surface area contributed by atoms with Gasteiger partial charge in [0, 0.05) is 0 Å². The highest BCUT2D eigenvalue weighted by Crippen LogP contribution is 2.29. The Morgan fingerprint density at radius 3 is 2.84 bits per heavy atom. The monoisotopic (exact) mass is 270 g/mol.